The van der Waals surface area contributed by atoms with Crippen molar-refractivity contribution in [3.63, 3.8) is 0 Å². The Kier molecular flexibility index (Phi) is 5.57. The molecule has 2 aliphatic rings. The van der Waals surface area contributed by atoms with Gasteiger partial charge in [-0.05, 0) is 17.7 Å². The molecule has 0 saturated heterocycles. The summed E-state index contributed by atoms with van der Waals surface area (Å²) < 4.78 is 0. The standard InChI is InChI=1S/C23H16ClN5O3S/c24-17-11-10-15(12-19(17)29(31)32)21-25-18-9-5-4-8-16(18)20-22(30)26-23(27-28(20)21)33-13-14-6-2-1-3-7-14/h1-12,21H,13H2,(H,26,27,30)/t21-/m1/s1. The second-order valence-corrected chi connectivity index (χ2v) is 8.69. The van der Waals surface area contributed by atoms with Gasteiger partial charge in [-0.1, -0.05) is 78.0 Å². The Labute approximate surface area is 197 Å². The zero-order chi connectivity index (χ0) is 22.9. The number of hydrogen-bond acceptors (Lipinski definition) is 7. The zero-order valence-corrected chi connectivity index (χ0v) is 18.6. The molecule has 1 amide bonds. The predicted octanol–water partition coefficient (Wildman–Crippen LogP) is 3.32. The van der Waals surface area contributed by atoms with Gasteiger partial charge in [0.2, 0.25) is 0 Å². The fourth-order valence-corrected chi connectivity index (χ4v) is 4.66. The van der Waals surface area contributed by atoms with Crippen molar-refractivity contribution in [1.82, 2.24) is 10.3 Å². The number of benzene rings is 3. The molecule has 33 heavy (non-hydrogen) atoms. The third-order valence-electron chi connectivity index (χ3n) is 5.20. The van der Waals surface area contributed by atoms with E-state index < -0.39 is 11.1 Å². The summed E-state index contributed by atoms with van der Waals surface area (Å²) in [5.41, 5.74) is 1.71. The molecule has 0 aliphatic carbocycles. The second-order valence-electron chi connectivity index (χ2n) is 7.31. The van der Waals surface area contributed by atoms with Crippen LogP contribution in [0.4, 0.5) is 5.69 Å². The van der Waals surface area contributed by atoms with Crippen LogP contribution in [0.1, 0.15) is 17.3 Å². The van der Waals surface area contributed by atoms with Crippen LogP contribution in [-0.2, 0) is 10.5 Å². The van der Waals surface area contributed by atoms with E-state index in [0.717, 1.165) is 5.56 Å². The van der Waals surface area contributed by atoms with Crippen LogP contribution in [0.15, 0.2) is 82.9 Å². The number of nitro benzene ring substituents is 1. The first-order valence-corrected chi connectivity index (χ1v) is 11.3. The predicted molar refractivity (Wildman–Crippen MR) is 127 cm³/mol. The van der Waals surface area contributed by atoms with E-state index in [0.29, 0.717) is 32.8 Å². The Balaban J connectivity index is 1.60. The maximum Gasteiger partial charge on any atom is 0.288 e. The largest absolute Gasteiger partial charge is 0.298 e. The maximum atomic E-state index is 13.2. The monoisotopic (exact) mass is 477 g/mol. The number of amides is 1. The zero-order valence-electron chi connectivity index (χ0n) is 17.0. The summed E-state index contributed by atoms with van der Waals surface area (Å²) in [7, 11) is 0. The number of nitro groups is 1. The molecule has 0 radical (unpaired) electrons. The first-order chi connectivity index (χ1) is 16.0. The van der Waals surface area contributed by atoms with E-state index in [2.05, 4.69) is 10.4 Å². The van der Waals surface area contributed by atoms with Crippen molar-refractivity contribution in [2.24, 2.45) is 10.1 Å². The molecule has 0 fully saturated rings. The lowest BCUT2D eigenvalue weighted by Crippen LogP contribution is -2.50. The van der Waals surface area contributed by atoms with Gasteiger partial charge in [0, 0.05) is 22.6 Å². The topological polar surface area (TPSA) is 100 Å². The number of amidine groups is 1. The third-order valence-corrected chi connectivity index (χ3v) is 6.45. The lowest BCUT2D eigenvalue weighted by atomic mass is 10.1. The Morgan fingerprint density at radius 2 is 1.85 bits per heavy atom. The fraction of sp³-hybridized carbons (Fsp3) is 0.0870. The first kappa shape index (κ1) is 21.2. The molecule has 3 aromatic rings. The SMILES string of the molecule is O=C1NC(SCc2ccccc2)=NN2C1=c1ccccc1=N[C@H]2c1ccc(Cl)c([N+](=O)[O-])c1. The maximum absolute atomic E-state index is 13.2. The minimum Gasteiger partial charge on any atom is -0.298 e. The first-order valence-electron chi connectivity index (χ1n) is 9.98. The van der Waals surface area contributed by atoms with Crippen molar-refractivity contribution in [3.05, 3.63) is 110 Å². The van der Waals surface area contributed by atoms with E-state index in [9.17, 15) is 14.9 Å². The number of fused-ring (bicyclic) bond motifs is 2. The molecule has 3 aromatic carbocycles. The molecular formula is C23H16ClN5O3S. The number of carbonyl (C=O) groups is 1. The van der Waals surface area contributed by atoms with Crippen LogP contribution >= 0.6 is 23.4 Å². The minimum absolute atomic E-state index is 0.0307. The van der Waals surface area contributed by atoms with Gasteiger partial charge in [-0.3, -0.25) is 25.2 Å². The highest BCUT2D eigenvalue weighted by Crippen LogP contribution is 2.34. The number of hydrazone groups is 1. The smallest absolute Gasteiger partial charge is 0.288 e. The third kappa shape index (κ3) is 4.08. The van der Waals surface area contributed by atoms with Crippen LogP contribution in [0, 0.1) is 10.1 Å². The van der Waals surface area contributed by atoms with Crippen LogP contribution in [0.25, 0.3) is 5.70 Å². The fourth-order valence-electron chi connectivity index (χ4n) is 3.67. The van der Waals surface area contributed by atoms with Gasteiger partial charge >= 0.3 is 0 Å². The number of thioether (sulfide) groups is 1. The molecule has 0 unspecified atom stereocenters. The Bertz CT molecular complexity index is 1430. The Morgan fingerprint density at radius 3 is 2.64 bits per heavy atom. The summed E-state index contributed by atoms with van der Waals surface area (Å²) in [6, 6.07) is 21.6. The molecule has 5 rings (SSSR count). The summed E-state index contributed by atoms with van der Waals surface area (Å²) in [6.45, 7) is 0. The molecule has 2 heterocycles. The molecule has 0 saturated carbocycles. The van der Waals surface area contributed by atoms with Gasteiger partial charge in [-0.25, -0.2) is 5.01 Å². The highest BCUT2D eigenvalue weighted by Gasteiger charge is 2.35. The molecule has 2 aliphatic heterocycles. The van der Waals surface area contributed by atoms with Crippen molar-refractivity contribution in [2.75, 3.05) is 0 Å². The van der Waals surface area contributed by atoms with Gasteiger partial charge in [0.1, 0.15) is 10.7 Å². The average molecular weight is 478 g/mol. The van der Waals surface area contributed by atoms with Crippen molar-refractivity contribution < 1.29 is 9.72 Å². The molecule has 1 N–H and O–H groups in total. The molecule has 10 heteroatoms. The second kappa shape index (κ2) is 8.68. The number of nitrogens with zero attached hydrogens (tertiary/aromatic N) is 4. The lowest BCUT2D eigenvalue weighted by molar-refractivity contribution is -0.384. The van der Waals surface area contributed by atoms with E-state index in [-0.39, 0.29) is 16.6 Å². The number of nitrogens with one attached hydrogen (secondary N) is 1. The molecular weight excluding hydrogens is 462 g/mol. The number of rotatable bonds is 4. The van der Waals surface area contributed by atoms with Crippen molar-refractivity contribution in [3.8, 4) is 0 Å². The van der Waals surface area contributed by atoms with Gasteiger partial charge in [0.15, 0.2) is 11.3 Å². The van der Waals surface area contributed by atoms with Crippen molar-refractivity contribution >= 4 is 45.8 Å². The van der Waals surface area contributed by atoms with Gasteiger partial charge in [-0.15, -0.1) is 5.10 Å². The van der Waals surface area contributed by atoms with E-state index in [1.54, 1.807) is 18.2 Å². The quantitative estimate of drug-likeness (QED) is 0.459. The number of carbonyl (C=O) groups excluding carboxylic acids is 1. The highest BCUT2D eigenvalue weighted by atomic mass is 35.5. The van der Waals surface area contributed by atoms with Crippen molar-refractivity contribution in [1.29, 1.82) is 0 Å². The van der Waals surface area contributed by atoms with Crippen LogP contribution in [0.5, 0.6) is 0 Å². The molecule has 164 valence electrons. The summed E-state index contributed by atoms with van der Waals surface area (Å²) in [4.78, 5) is 28.8. The molecule has 1 atom stereocenters. The number of halogens is 1. The highest BCUT2D eigenvalue weighted by molar-refractivity contribution is 8.13. The van der Waals surface area contributed by atoms with Crippen LogP contribution in [-0.4, -0.2) is 21.0 Å². The van der Waals surface area contributed by atoms with E-state index in [4.69, 9.17) is 16.6 Å². The Morgan fingerprint density at radius 1 is 1.09 bits per heavy atom. The van der Waals surface area contributed by atoms with Gasteiger partial charge in [0.25, 0.3) is 11.6 Å². The molecule has 0 bridgehead atoms. The lowest BCUT2D eigenvalue weighted by Gasteiger charge is -2.34. The Hall–Kier alpha value is -3.69. The van der Waals surface area contributed by atoms with E-state index >= 15 is 0 Å². The summed E-state index contributed by atoms with van der Waals surface area (Å²) in [6.07, 6.45) is -0.760. The average Bonchev–Trinajstić information content (AvgIpc) is 2.83. The molecule has 0 aromatic heterocycles. The summed E-state index contributed by atoms with van der Waals surface area (Å²) >= 11 is 7.40. The van der Waals surface area contributed by atoms with Crippen molar-refractivity contribution in [2.45, 2.75) is 11.9 Å². The van der Waals surface area contributed by atoms with Crippen LogP contribution < -0.4 is 15.9 Å². The number of hydrogen-bond donors (Lipinski definition) is 1. The molecule has 8 nitrogen and oxygen atoms in total. The summed E-state index contributed by atoms with van der Waals surface area (Å²) in [5.74, 6) is 0.310. The normalized spacial score (nSPS) is 16.8. The van der Waals surface area contributed by atoms with Gasteiger partial charge in [0.05, 0.1) is 10.3 Å². The van der Waals surface area contributed by atoms with E-state index in [1.807, 2.05) is 42.5 Å². The number of para-hydroxylation sites is 1. The van der Waals surface area contributed by atoms with Gasteiger partial charge in [-0.2, -0.15) is 0 Å². The minimum atomic E-state index is -0.760. The molecule has 0 spiro atoms. The van der Waals surface area contributed by atoms with Crippen LogP contribution in [0.3, 0.4) is 0 Å². The van der Waals surface area contributed by atoms with Crippen LogP contribution in [0.2, 0.25) is 5.02 Å². The summed E-state index contributed by atoms with van der Waals surface area (Å²) in [5, 5.41) is 22.2. The van der Waals surface area contributed by atoms with Gasteiger partial charge < -0.3 is 0 Å². The van der Waals surface area contributed by atoms with E-state index in [1.165, 1.54) is 28.9 Å².